The van der Waals surface area contributed by atoms with E-state index < -0.39 is 45.1 Å². The number of fused-ring (bicyclic) bond motifs is 6. The third kappa shape index (κ3) is 18.2. The van der Waals surface area contributed by atoms with Crippen LogP contribution in [-0.4, -0.2) is 102 Å². The van der Waals surface area contributed by atoms with Gasteiger partial charge in [-0.3, -0.25) is 19.2 Å². The average molecular weight is 1200 g/mol. The highest BCUT2D eigenvalue weighted by atomic mass is 16.7. The van der Waals surface area contributed by atoms with Gasteiger partial charge in [0.1, 0.15) is 13.2 Å². The Bertz CT molecular complexity index is 2780. The van der Waals surface area contributed by atoms with Crippen molar-refractivity contribution >= 4 is 45.1 Å². The quantitative estimate of drug-likeness (QED) is 0.0286. The number of esters is 2. The zero-order valence-corrected chi connectivity index (χ0v) is 52.9. The molecule has 3 saturated carbocycles. The maximum absolute atomic E-state index is 13.9. The zero-order valence-electron chi connectivity index (χ0n) is 52.9. The van der Waals surface area contributed by atoms with E-state index in [-0.39, 0.29) is 111 Å². The Morgan fingerprint density at radius 3 is 1.30 bits per heavy atom. The van der Waals surface area contributed by atoms with Crippen molar-refractivity contribution in [1.29, 1.82) is 0 Å². The van der Waals surface area contributed by atoms with Crippen LogP contribution in [0.5, 0.6) is 0 Å². The van der Waals surface area contributed by atoms with E-state index >= 15 is 0 Å². The minimum atomic E-state index is -1.65. The number of rotatable bonds is 24. The molecule has 14 nitrogen and oxygen atoms in total. The van der Waals surface area contributed by atoms with Crippen molar-refractivity contribution < 1.29 is 58.1 Å². The molecule has 0 radical (unpaired) electrons. The molecule has 4 aromatic carbocycles. The van der Waals surface area contributed by atoms with Crippen LogP contribution < -0.4 is 10.6 Å². The van der Waals surface area contributed by atoms with Crippen molar-refractivity contribution in [2.75, 3.05) is 13.2 Å². The van der Waals surface area contributed by atoms with Gasteiger partial charge in [0, 0.05) is 23.7 Å². The molecule has 6 N–H and O–H groups in total. The highest BCUT2D eigenvalue weighted by Gasteiger charge is 2.68. The summed E-state index contributed by atoms with van der Waals surface area (Å²) in [6.45, 7) is 27.7. The molecule has 2 amide bonds. The molecule has 4 aromatic rings. The molecule has 17 heteroatoms. The van der Waals surface area contributed by atoms with E-state index in [9.17, 15) is 29.2 Å². The number of hydrogen-bond acceptors (Lipinski definition) is 12. The van der Waals surface area contributed by atoms with Crippen molar-refractivity contribution in [3.05, 3.63) is 119 Å². The Morgan fingerprint density at radius 1 is 0.563 bits per heavy atom. The van der Waals surface area contributed by atoms with Crippen molar-refractivity contribution in [1.82, 2.24) is 10.6 Å². The standard InChI is InChI=1S/C37H50BNO5.C27H36BNO5.C4H11BO2.2CH4/c1-22(2)16-24(18-34(40)42-21-30-28-14-10-8-12-26(28)27-13-9-11-15-29(27)30)35(41)39-33(17-23(3)4)38-43-32-20-25-19-31(36(25,5)6)37(32,7)44-38;1-17(2)13-19(27(31)29-25(28(32)33)14-18(3)4)15-26(30)34-16-24-22-11-7-5-9-20(22)21-10-6-8-12-23(21)24;1-4(2)3-5(6)7;;/h8-15,22-25,30-33H,16-21H2,1-7H3,(H,39,41);5-12,17-19,24-25,32-33H,13-16H2,1-4H3,(H,29,31);4,6-7H,3H2,1-2H3;2*1H4/t24-,25+,31+,32-,33+,37+;19-,25+;;;/m11.../s1. The summed E-state index contributed by atoms with van der Waals surface area (Å²) in [6.07, 6.45) is 5.03. The molecule has 0 aromatic heterocycles. The number of ether oxygens (including phenoxy) is 2. The lowest BCUT2D eigenvalue weighted by molar-refractivity contribution is -0.199. The number of nitrogens with one attached hydrogen (secondary N) is 2. The molecule has 2 bridgehead atoms. The summed E-state index contributed by atoms with van der Waals surface area (Å²) in [4.78, 5) is 53.0. The molecule has 0 unspecified atom stereocenters. The van der Waals surface area contributed by atoms with E-state index in [0.717, 1.165) is 35.1 Å². The van der Waals surface area contributed by atoms with Crippen LogP contribution in [0.4, 0.5) is 0 Å². The molecule has 6 aliphatic rings. The number of carbonyl (C=O) groups excluding carboxylic acids is 4. The van der Waals surface area contributed by atoms with Crippen molar-refractivity contribution in [2.24, 2.45) is 58.7 Å². The molecular formula is C70H105B3N2O12. The van der Waals surface area contributed by atoms with Gasteiger partial charge in [-0.05, 0) is 143 Å². The molecule has 1 aliphatic heterocycles. The van der Waals surface area contributed by atoms with E-state index in [1.165, 1.54) is 28.7 Å². The van der Waals surface area contributed by atoms with E-state index in [1.54, 1.807) is 0 Å². The van der Waals surface area contributed by atoms with Crippen LogP contribution in [0.25, 0.3) is 22.3 Å². The van der Waals surface area contributed by atoms with E-state index in [0.29, 0.717) is 49.3 Å². The van der Waals surface area contributed by atoms with Gasteiger partial charge in [0.15, 0.2) is 0 Å². The summed E-state index contributed by atoms with van der Waals surface area (Å²) >= 11 is 0. The SMILES string of the molecule is C.C.CC(C)CB(O)O.CC(C)C[C@H](CC(=O)OCC1c2ccccc2-c2ccccc21)C(=O)N[C@@H](CC(C)C)B(O)O.CC(C)C[C@H](CC(=O)OCC1c2ccccc2-c2ccccc21)C(=O)N[C@@H](CC(C)C)B1O[C@@H]2C[C@@H]3C[C@@H](C3(C)C)[C@]2(C)O1. The van der Waals surface area contributed by atoms with Crippen LogP contribution in [0.1, 0.15) is 190 Å². The molecule has 1 saturated heterocycles. The van der Waals surface area contributed by atoms with Gasteiger partial charge in [-0.1, -0.05) is 195 Å². The lowest BCUT2D eigenvalue weighted by atomic mass is 9.43. The number of amides is 2. The number of carbonyl (C=O) groups is 4. The highest BCUT2D eigenvalue weighted by Crippen LogP contribution is 2.66. The van der Waals surface area contributed by atoms with Crippen LogP contribution in [0, 0.1) is 58.7 Å². The molecule has 5 aliphatic carbocycles. The Hall–Kier alpha value is -5.29. The van der Waals surface area contributed by atoms with Gasteiger partial charge in [-0.15, -0.1) is 0 Å². The first-order valence-corrected chi connectivity index (χ1v) is 31.5. The average Bonchev–Trinajstić information content (AvgIpc) is 1.69. The third-order valence-electron chi connectivity index (χ3n) is 18.3. The second-order valence-electron chi connectivity index (χ2n) is 27.7. The molecule has 476 valence electrons. The molecule has 0 spiro atoms. The van der Waals surface area contributed by atoms with Crippen LogP contribution >= 0.6 is 0 Å². The predicted octanol–water partition coefficient (Wildman–Crippen LogP) is 12.5. The van der Waals surface area contributed by atoms with Gasteiger partial charge in [0.25, 0.3) is 0 Å². The van der Waals surface area contributed by atoms with Gasteiger partial charge in [-0.2, -0.15) is 0 Å². The van der Waals surface area contributed by atoms with Gasteiger partial charge in [0.05, 0.1) is 36.4 Å². The van der Waals surface area contributed by atoms with E-state index in [1.807, 2.05) is 90.1 Å². The summed E-state index contributed by atoms with van der Waals surface area (Å²) in [5, 5.41) is 41.9. The molecule has 10 rings (SSSR count). The smallest absolute Gasteiger partial charge is 0.465 e. The molecule has 1 heterocycles. The fraction of sp³-hybridized carbons (Fsp3) is 0.600. The zero-order chi connectivity index (χ0) is 62.1. The Kier molecular flexibility index (Phi) is 26.6. The Labute approximate surface area is 522 Å². The lowest BCUT2D eigenvalue weighted by Crippen LogP contribution is -2.65. The number of benzene rings is 4. The summed E-state index contributed by atoms with van der Waals surface area (Å²) in [5.41, 5.74) is 9.29. The fourth-order valence-corrected chi connectivity index (χ4v) is 14.1. The van der Waals surface area contributed by atoms with Crippen LogP contribution in [-0.2, 0) is 38.0 Å². The van der Waals surface area contributed by atoms with Gasteiger partial charge in [-0.25, -0.2) is 0 Å². The van der Waals surface area contributed by atoms with Crippen molar-refractivity contribution in [3.8, 4) is 22.3 Å². The summed E-state index contributed by atoms with van der Waals surface area (Å²) in [7, 11) is -3.26. The minimum absolute atomic E-state index is 0. The third-order valence-corrected chi connectivity index (χ3v) is 18.3. The minimum Gasteiger partial charge on any atom is -0.465 e. The van der Waals surface area contributed by atoms with Gasteiger partial charge in [0.2, 0.25) is 11.8 Å². The van der Waals surface area contributed by atoms with Gasteiger partial charge >= 0.3 is 33.3 Å². The van der Waals surface area contributed by atoms with Crippen molar-refractivity contribution in [3.63, 3.8) is 0 Å². The highest BCUT2D eigenvalue weighted by molar-refractivity contribution is 6.48. The van der Waals surface area contributed by atoms with E-state index in [4.69, 9.17) is 28.8 Å². The largest absolute Gasteiger partial charge is 0.481 e. The Balaban J connectivity index is 0.000000287. The monoisotopic (exact) mass is 1200 g/mol. The number of hydrogen-bond donors (Lipinski definition) is 6. The molecule has 4 fully saturated rings. The fourth-order valence-electron chi connectivity index (χ4n) is 14.1. The topological polar surface area (TPSA) is 210 Å². The lowest BCUT2D eigenvalue weighted by Gasteiger charge is -2.64. The van der Waals surface area contributed by atoms with Crippen molar-refractivity contribution in [2.45, 2.75) is 198 Å². The summed E-state index contributed by atoms with van der Waals surface area (Å²) in [5.74, 6) is -0.903. The van der Waals surface area contributed by atoms with Crippen LogP contribution in [0.2, 0.25) is 6.32 Å². The Morgan fingerprint density at radius 2 is 0.954 bits per heavy atom. The molecular weight excluding hydrogens is 1090 g/mol. The van der Waals surface area contributed by atoms with E-state index in [2.05, 4.69) is 108 Å². The second kappa shape index (κ2) is 31.9. The van der Waals surface area contributed by atoms with Gasteiger partial charge < -0.3 is 49.5 Å². The first kappa shape index (κ1) is 72.5. The maximum atomic E-state index is 13.9. The predicted molar refractivity (Wildman–Crippen MR) is 351 cm³/mol. The normalized spacial score (nSPS) is 20.5. The first-order chi connectivity index (χ1) is 40.2. The second-order valence-corrected chi connectivity index (χ2v) is 27.7. The molecule has 8 atom stereocenters. The maximum Gasteiger partial charge on any atom is 0.481 e. The van der Waals surface area contributed by atoms with Crippen LogP contribution in [0.3, 0.4) is 0 Å². The summed E-state index contributed by atoms with van der Waals surface area (Å²) < 4.78 is 25.0. The first-order valence-electron chi connectivity index (χ1n) is 31.5. The molecule has 87 heavy (non-hydrogen) atoms. The van der Waals surface area contributed by atoms with Crippen LogP contribution in [0.15, 0.2) is 97.1 Å². The summed E-state index contributed by atoms with van der Waals surface area (Å²) in [6, 6.07) is 33.0.